The van der Waals surface area contributed by atoms with Gasteiger partial charge in [-0.2, -0.15) is 0 Å². The summed E-state index contributed by atoms with van der Waals surface area (Å²) in [6, 6.07) is 7.64. The van der Waals surface area contributed by atoms with Gasteiger partial charge in [-0.05, 0) is 38.1 Å². The van der Waals surface area contributed by atoms with Gasteiger partial charge in [0, 0.05) is 6.20 Å². The van der Waals surface area contributed by atoms with Crippen LogP contribution < -0.4 is 11.1 Å². The lowest BCUT2D eigenvalue weighted by atomic mass is 10.2. The van der Waals surface area contributed by atoms with E-state index in [0.29, 0.717) is 5.69 Å². The first-order chi connectivity index (χ1) is 8.58. The Hall–Kier alpha value is -1.88. The molecule has 0 amide bonds. The molecule has 18 heavy (non-hydrogen) atoms. The summed E-state index contributed by atoms with van der Waals surface area (Å²) in [5.41, 5.74) is 7.05. The van der Waals surface area contributed by atoms with E-state index in [1.807, 2.05) is 38.1 Å². The first kappa shape index (κ1) is 12.6. The van der Waals surface area contributed by atoms with Gasteiger partial charge >= 0.3 is 0 Å². The highest BCUT2D eigenvalue weighted by Crippen LogP contribution is 2.22. The van der Waals surface area contributed by atoms with Gasteiger partial charge in [0.15, 0.2) is 0 Å². The van der Waals surface area contributed by atoms with Crippen molar-refractivity contribution in [3.63, 3.8) is 0 Å². The number of nitrogens with zero attached hydrogens (tertiary/aromatic N) is 1. The van der Waals surface area contributed by atoms with Gasteiger partial charge in [0.2, 0.25) is 0 Å². The molecule has 0 radical (unpaired) electrons. The molecule has 0 aliphatic heterocycles. The third-order valence-corrected chi connectivity index (χ3v) is 2.79. The maximum absolute atomic E-state index is 5.64. The molecule has 0 saturated carbocycles. The van der Waals surface area contributed by atoms with Crippen LogP contribution in [0.2, 0.25) is 0 Å². The molecule has 0 aromatic carbocycles. The molecule has 0 fully saturated rings. The van der Waals surface area contributed by atoms with Gasteiger partial charge < -0.3 is 15.5 Å². The fourth-order valence-electron chi connectivity index (χ4n) is 1.71. The molecule has 5 heteroatoms. The molecular weight excluding hydrogens is 246 g/mol. The highest BCUT2D eigenvalue weighted by atomic mass is 32.1. The maximum Gasteiger partial charge on any atom is 0.126 e. The highest BCUT2D eigenvalue weighted by Gasteiger charge is 2.12. The van der Waals surface area contributed by atoms with Crippen molar-refractivity contribution in [2.75, 3.05) is 5.32 Å². The smallest absolute Gasteiger partial charge is 0.126 e. The Morgan fingerprint density at radius 1 is 1.44 bits per heavy atom. The Morgan fingerprint density at radius 3 is 2.83 bits per heavy atom. The van der Waals surface area contributed by atoms with Crippen LogP contribution in [0.4, 0.5) is 5.69 Å². The van der Waals surface area contributed by atoms with Crippen molar-refractivity contribution in [2.24, 2.45) is 5.73 Å². The zero-order valence-electron chi connectivity index (χ0n) is 10.3. The lowest BCUT2D eigenvalue weighted by Crippen LogP contribution is -2.16. The molecule has 0 bridgehead atoms. The lowest BCUT2D eigenvalue weighted by molar-refractivity contribution is 0.467. The number of nitrogens with two attached hydrogens (primary N) is 1. The van der Waals surface area contributed by atoms with Crippen LogP contribution in [-0.4, -0.2) is 9.97 Å². The Morgan fingerprint density at radius 2 is 2.22 bits per heavy atom. The van der Waals surface area contributed by atoms with Crippen LogP contribution in [-0.2, 0) is 0 Å². The minimum Gasteiger partial charge on any atom is -0.464 e. The van der Waals surface area contributed by atoms with Gasteiger partial charge in [-0.25, -0.2) is 0 Å². The average molecular weight is 261 g/mol. The van der Waals surface area contributed by atoms with E-state index in [1.165, 1.54) is 0 Å². The summed E-state index contributed by atoms with van der Waals surface area (Å²) in [6.45, 7) is 3.93. The summed E-state index contributed by atoms with van der Waals surface area (Å²) >= 11 is 4.98. The number of nitrogens with one attached hydrogen (secondary N) is 1. The number of pyridine rings is 1. The molecule has 1 unspecified atom stereocenters. The van der Waals surface area contributed by atoms with E-state index in [1.54, 1.807) is 6.20 Å². The average Bonchev–Trinajstić information content (AvgIpc) is 2.76. The molecule has 4 nitrogen and oxygen atoms in total. The Labute approximate surface area is 111 Å². The van der Waals surface area contributed by atoms with E-state index in [9.17, 15) is 0 Å². The fourth-order valence-corrected chi connectivity index (χ4v) is 1.87. The van der Waals surface area contributed by atoms with Crippen molar-refractivity contribution in [2.45, 2.75) is 19.9 Å². The summed E-state index contributed by atoms with van der Waals surface area (Å²) in [7, 11) is 0. The number of hydrogen-bond acceptors (Lipinski definition) is 4. The first-order valence-electron chi connectivity index (χ1n) is 5.65. The Kier molecular flexibility index (Phi) is 3.62. The van der Waals surface area contributed by atoms with E-state index >= 15 is 0 Å². The van der Waals surface area contributed by atoms with Crippen molar-refractivity contribution in [3.8, 4) is 0 Å². The van der Waals surface area contributed by atoms with E-state index < -0.39 is 0 Å². The zero-order chi connectivity index (χ0) is 13.1. The number of aryl methyl sites for hydroxylation is 1. The van der Waals surface area contributed by atoms with Crippen LogP contribution in [0, 0.1) is 6.92 Å². The predicted octanol–water partition coefficient (Wildman–Crippen LogP) is 2.79. The first-order valence-corrected chi connectivity index (χ1v) is 6.06. The van der Waals surface area contributed by atoms with Crippen LogP contribution in [0.25, 0.3) is 0 Å². The fraction of sp³-hybridized carbons (Fsp3) is 0.231. The second-order valence-electron chi connectivity index (χ2n) is 4.08. The van der Waals surface area contributed by atoms with Gasteiger partial charge in [0.1, 0.15) is 22.2 Å². The third-order valence-electron chi connectivity index (χ3n) is 2.60. The van der Waals surface area contributed by atoms with E-state index in [4.69, 9.17) is 22.4 Å². The third kappa shape index (κ3) is 2.68. The minimum absolute atomic E-state index is 0.0241. The monoisotopic (exact) mass is 261 g/mol. The molecule has 2 aromatic rings. The van der Waals surface area contributed by atoms with Crippen LogP contribution in [0.1, 0.15) is 30.2 Å². The van der Waals surface area contributed by atoms with E-state index in [2.05, 4.69) is 10.3 Å². The Balaban J connectivity index is 2.21. The number of rotatable bonds is 4. The van der Waals surface area contributed by atoms with Gasteiger partial charge in [-0.15, -0.1) is 0 Å². The molecule has 0 spiro atoms. The van der Waals surface area contributed by atoms with Crippen molar-refractivity contribution in [1.29, 1.82) is 0 Å². The van der Waals surface area contributed by atoms with Crippen molar-refractivity contribution in [1.82, 2.24) is 4.98 Å². The van der Waals surface area contributed by atoms with Crippen LogP contribution in [0.5, 0.6) is 0 Å². The number of thiocarbonyl (C=S) groups is 1. The molecule has 2 heterocycles. The van der Waals surface area contributed by atoms with Gasteiger partial charge in [0.25, 0.3) is 0 Å². The number of aromatic nitrogens is 1. The van der Waals surface area contributed by atoms with Crippen molar-refractivity contribution in [3.05, 3.63) is 47.7 Å². The molecule has 0 aliphatic rings. The van der Waals surface area contributed by atoms with Gasteiger partial charge in [-0.3, -0.25) is 4.98 Å². The van der Waals surface area contributed by atoms with E-state index in [0.717, 1.165) is 17.2 Å². The second-order valence-corrected chi connectivity index (χ2v) is 4.52. The van der Waals surface area contributed by atoms with Gasteiger partial charge in [0.05, 0.1) is 11.7 Å². The number of anilines is 1. The quantitative estimate of drug-likeness (QED) is 0.829. The van der Waals surface area contributed by atoms with Crippen LogP contribution in [0.15, 0.2) is 34.9 Å². The number of furan rings is 1. The molecule has 2 rings (SSSR count). The largest absolute Gasteiger partial charge is 0.464 e. The van der Waals surface area contributed by atoms with Crippen molar-refractivity contribution >= 4 is 22.9 Å². The normalized spacial score (nSPS) is 12.1. The van der Waals surface area contributed by atoms with E-state index in [-0.39, 0.29) is 11.0 Å². The molecule has 2 aromatic heterocycles. The molecular formula is C13H15N3OS. The minimum atomic E-state index is 0.0241. The summed E-state index contributed by atoms with van der Waals surface area (Å²) in [4.78, 5) is 4.45. The lowest BCUT2D eigenvalue weighted by Gasteiger charge is -2.15. The molecule has 1 atom stereocenters. The predicted molar refractivity (Wildman–Crippen MR) is 75.6 cm³/mol. The highest BCUT2D eigenvalue weighted by molar-refractivity contribution is 7.80. The molecule has 0 saturated heterocycles. The zero-order valence-corrected chi connectivity index (χ0v) is 11.1. The topological polar surface area (TPSA) is 64.1 Å². The summed E-state index contributed by atoms with van der Waals surface area (Å²) < 4.78 is 5.57. The molecule has 94 valence electrons. The van der Waals surface area contributed by atoms with Crippen LogP contribution >= 0.6 is 12.2 Å². The summed E-state index contributed by atoms with van der Waals surface area (Å²) in [5.74, 6) is 1.75. The maximum atomic E-state index is 5.64. The van der Waals surface area contributed by atoms with Crippen LogP contribution in [0.3, 0.4) is 0 Å². The van der Waals surface area contributed by atoms with Gasteiger partial charge in [-0.1, -0.05) is 12.2 Å². The summed E-state index contributed by atoms with van der Waals surface area (Å²) in [5, 5.41) is 3.30. The molecule has 0 aliphatic carbocycles. The molecule has 3 N–H and O–H groups in total. The number of hydrogen-bond donors (Lipinski definition) is 2. The SMILES string of the molecule is Cc1ccc(C(C)Nc2cccnc2C(N)=S)o1. The summed E-state index contributed by atoms with van der Waals surface area (Å²) in [6.07, 6.45) is 1.67. The Bertz CT molecular complexity index is 565. The van der Waals surface area contributed by atoms with Crippen molar-refractivity contribution < 1.29 is 4.42 Å². The standard InChI is InChI=1S/C13H15N3OS/c1-8-5-6-11(17-8)9(2)16-10-4-3-7-15-12(10)13(14)18/h3-7,9,16H,1-2H3,(H2,14,18). The second kappa shape index (κ2) is 5.18.